The summed E-state index contributed by atoms with van der Waals surface area (Å²) >= 11 is 12.1. The van der Waals surface area contributed by atoms with Gasteiger partial charge in [-0.1, -0.05) is 23.2 Å². The van der Waals surface area contributed by atoms with Crippen LogP contribution in [0.3, 0.4) is 0 Å². The highest BCUT2D eigenvalue weighted by Crippen LogP contribution is 2.25. The molecule has 0 fully saturated rings. The van der Waals surface area contributed by atoms with Crippen LogP contribution in [-0.4, -0.2) is 25.6 Å². The summed E-state index contributed by atoms with van der Waals surface area (Å²) in [6, 6.07) is 9.37. The molecule has 7 heteroatoms. The minimum Gasteiger partial charge on any atom is -0.494 e. The molecule has 1 amide bonds. The van der Waals surface area contributed by atoms with Crippen LogP contribution in [0.1, 0.15) is 19.4 Å². The largest absolute Gasteiger partial charge is 0.494 e. The van der Waals surface area contributed by atoms with Gasteiger partial charge in [-0.25, -0.2) is 4.39 Å². The van der Waals surface area contributed by atoms with E-state index in [0.29, 0.717) is 28.8 Å². The van der Waals surface area contributed by atoms with E-state index in [1.807, 2.05) is 13.8 Å². The third-order valence-corrected chi connectivity index (χ3v) is 4.86. The number of halogens is 3. The van der Waals surface area contributed by atoms with E-state index in [9.17, 15) is 9.18 Å². The van der Waals surface area contributed by atoms with Crippen LogP contribution in [0.5, 0.6) is 5.75 Å². The summed E-state index contributed by atoms with van der Waals surface area (Å²) in [7, 11) is 1.43. The van der Waals surface area contributed by atoms with E-state index in [4.69, 9.17) is 27.9 Å². The lowest BCUT2D eigenvalue weighted by Gasteiger charge is -2.24. The van der Waals surface area contributed by atoms with E-state index in [2.05, 4.69) is 5.32 Å². The SMILES string of the molecule is CC[NH+](Cc1ccc(OC)c(F)c1)[C@H](C)C(=O)Nc1cc(Cl)ccc1Cl. The molecule has 0 radical (unpaired) electrons. The Morgan fingerprint density at radius 3 is 2.62 bits per heavy atom. The summed E-state index contributed by atoms with van der Waals surface area (Å²) in [6.45, 7) is 5.01. The maximum absolute atomic E-state index is 13.9. The number of quaternary nitrogens is 1. The molecule has 0 spiro atoms. The van der Waals surface area contributed by atoms with Crippen molar-refractivity contribution in [1.82, 2.24) is 0 Å². The highest BCUT2D eigenvalue weighted by atomic mass is 35.5. The van der Waals surface area contributed by atoms with Crippen LogP contribution < -0.4 is 15.0 Å². The number of nitrogens with one attached hydrogen (secondary N) is 2. The summed E-state index contributed by atoms with van der Waals surface area (Å²) < 4.78 is 18.8. The molecule has 0 aliphatic carbocycles. The third kappa shape index (κ3) is 5.10. The molecule has 2 N–H and O–H groups in total. The molecule has 4 nitrogen and oxygen atoms in total. The van der Waals surface area contributed by atoms with Gasteiger partial charge in [0.1, 0.15) is 6.54 Å². The molecular formula is C19H22Cl2FN2O2+. The van der Waals surface area contributed by atoms with Crippen molar-refractivity contribution < 1.29 is 18.8 Å². The first kappa shape index (κ1) is 20.5. The minimum atomic E-state index is -0.414. The van der Waals surface area contributed by atoms with Crippen LogP contribution in [0.15, 0.2) is 36.4 Å². The molecule has 2 atom stereocenters. The van der Waals surface area contributed by atoms with Gasteiger partial charge in [-0.3, -0.25) is 4.79 Å². The van der Waals surface area contributed by atoms with Crippen molar-refractivity contribution in [2.75, 3.05) is 19.0 Å². The van der Waals surface area contributed by atoms with Crippen molar-refractivity contribution >= 4 is 34.8 Å². The highest BCUT2D eigenvalue weighted by Gasteiger charge is 2.25. The molecule has 2 aromatic carbocycles. The number of anilines is 1. The van der Waals surface area contributed by atoms with Gasteiger partial charge in [0.2, 0.25) is 0 Å². The fraction of sp³-hybridized carbons (Fsp3) is 0.316. The van der Waals surface area contributed by atoms with Crippen LogP contribution in [0.4, 0.5) is 10.1 Å². The van der Waals surface area contributed by atoms with Gasteiger partial charge in [-0.2, -0.15) is 0 Å². The number of carbonyl (C=O) groups excluding carboxylic acids is 1. The number of benzene rings is 2. The fourth-order valence-corrected chi connectivity index (χ4v) is 3.02. The number of methoxy groups -OCH3 is 1. The van der Waals surface area contributed by atoms with Crippen molar-refractivity contribution in [3.05, 3.63) is 57.8 Å². The van der Waals surface area contributed by atoms with E-state index >= 15 is 0 Å². The number of likely N-dealkylation sites (N-methyl/N-ethyl adjacent to an activating group) is 1. The average molecular weight is 400 g/mol. The van der Waals surface area contributed by atoms with E-state index in [1.54, 1.807) is 30.3 Å². The zero-order valence-corrected chi connectivity index (χ0v) is 16.4. The van der Waals surface area contributed by atoms with Crippen molar-refractivity contribution in [1.29, 1.82) is 0 Å². The molecule has 0 saturated carbocycles. The van der Waals surface area contributed by atoms with Crippen molar-refractivity contribution in [3.8, 4) is 5.75 Å². The Kier molecular flexibility index (Phi) is 7.26. The van der Waals surface area contributed by atoms with Crippen LogP contribution in [0, 0.1) is 5.82 Å². The molecule has 2 rings (SSSR count). The van der Waals surface area contributed by atoms with Crippen LogP contribution in [-0.2, 0) is 11.3 Å². The lowest BCUT2D eigenvalue weighted by Crippen LogP contribution is -3.15. The second-order valence-corrected chi connectivity index (χ2v) is 6.84. The first-order valence-corrected chi connectivity index (χ1v) is 9.04. The van der Waals surface area contributed by atoms with E-state index in [1.165, 1.54) is 13.2 Å². The van der Waals surface area contributed by atoms with Crippen LogP contribution in [0.25, 0.3) is 0 Å². The Bertz CT molecular complexity index is 786. The quantitative estimate of drug-likeness (QED) is 0.746. The lowest BCUT2D eigenvalue weighted by molar-refractivity contribution is -0.925. The van der Waals surface area contributed by atoms with Gasteiger partial charge in [0.05, 0.1) is 24.4 Å². The molecule has 26 heavy (non-hydrogen) atoms. The Balaban J connectivity index is 2.09. The molecular weight excluding hydrogens is 378 g/mol. The average Bonchev–Trinajstić information content (AvgIpc) is 2.62. The molecule has 0 aromatic heterocycles. The van der Waals surface area contributed by atoms with Gasteiger partial charge in [0.25, 0.3) is 5.91 Å². The maximum Gasteiger partial charge on any atom is 0.282 e. The van der Waals surface area contributed by atoms with Gasteiger partial charge < -0.3 is 15.0 Å². The third-order valence-electron chi connectivity index (χ3n) is 4.29. The monoisotopic (exact) mass is 399 g/mol. The second-order valence-electron chi connectivity index (χ2n) is 5.99. The van der Waals surface area contributed by atoms with E-state index in [-0.39, 0.29) is 17.7 Å². The summed E-state index contributed by atoms with van der Waals surface area (Å²) in [5, 5.41) is 3.72. The Labute approximate surface area is 162 Å². The molecule has 0 heterocycles. The number of carbonyl (C=O) groups is 1. The predicted molar refractivity (Wildman–Crippen MR) is 103 cm³/mol. The smallest absolute Gasteiger partial charge is 0.282 e. The zero-order chi connectivity index (χ0) is 19.3. The Morgan fingerprint density at radius 2 is 2.00 bits per heavy atom. The summed E-state index contributed by atoms with van der Waals surface area (Å²) in [4.78, 5) is 13.6. The summed E-state index contributed by atoms with van der Waals surface area (Å²) in [6.07, 6.45) is 0. The van der Waals surface area contributed by atoms with Crippen LogP contribution in [0.2, 0.25) is 10.0 Å². The second kappa shape index (κ2) is 9.21. The number of hydrogen-bond donors (Lipinski definition) is 2. The first-order valence-electron chi connectivity index (χ1n) is 8.28. The molecule has 1 unspecified atom stereocenters. The zero-order valence-electron chi connectivity index (χ0n) is 14.9. The Hall–Kier alpha value is -1.82. The van der Waals surface area contributed by atoms with Crippen molar-refractivity contribution in [2.24, 2.45) is 0 Å². The predicted octanol–water partition coefficient (Wildman–Crippen LogP) is 3.57. The molecule has 2 aromatic rings. The van der Waals surface area contributed by atoms with Gasteiger partial charge in [0.15, 0.2) is 17.6 Å². The Morgan fingerprint density at radius 1 is 1.27 bits per heavy atom. The molecule has 0 aliphatic rings. The molecule has 0 aliphatic heterocycles. The molecule has 0 bridgehead atoms. The topological polar surface area (TPSA) is 42.8 Å². The number of rotatable bonds is 7. The first-order chi connectivity index (χ1) is 12.3. The van der Waals surface area contributed by atoms with Crippen LogP contribution >= 0.6 is 23.2 Å². The molecule has 140 valence electrons. The summed E-state index contributed by atoms with van der Waals surface area (Å²) in [5.41, 5.74) is 1.27. The lowest BCUT2D eigenvalue weighted by atomic mass is 10.1. The van der Waals surface area contributed by atoms with E-state index in [0.717, 1.165) is 10.5 Å². The van der Waals surface area contributed by atoms with Gasteiger partial charge >= 0.3 is 0 Å². The minimum absolute atomic E-state index is 0.181. The van der Waals surface area contributed by atoms with Gasteiger partial charge in [-0.15, -0.1) is 0 Å². The number of ether oxygens (including phenoxy) is 1. The fourth-order valence-electron chi connectivity index (χ4n) is 2.69. The standard InChI is InChI=1S/C19H21Cl2FN2O2/c1-4-24(11-13-5-8-18(26-3)16(22)9-13)12(2)19(25)23-17-10-14(20)6-7-15(17)21/h5-10,12H,4,11H2,1-3H3,(H,23,25)/p+1/t12-/m1/s1. The van der Waals surface area contributed by atoms with Gasteiger partial charge in [0, 0.05) is 10.6 Å². The molecule has 0 saturated heterocycles. The highest BCUT2D eigenvalue weighted by molar-refractivity contribution is 6.35. The van der Waals surface area contributed by atoms with Gasteiger partial charge in [-0.05, 0) is 50.2 Å². The van der Waals surface area contributed by atoms with Crippen molar-refractivity contribution in [3.63, 3.8) is 0 Å². The normalized spacial score (nSPS) is 13.2. The maximum atomic E-state index is 13.9. The van der Waals surface area contributed by atoms with Crippen molar-refractivity contribution in [2.45, 2.75) is 26.4 Å². The number of amides is 1. The summed E-state index contributed by atoms with van der Waals surface area (Å²) in [5.74, 6) is -0.392. The van der Waals surface area contributed by atoms with E-state index < -0.39 is 5.82 Å². The number of hydrogen-bond acceptors (Lipinski definition) is 2.